The Kier molecular flexibility index (Phi) is 4.89. The molecule has 4 rings (SSSR count). The number of rotatable bonds is 4. The molecule has 1 fully saturated rings. The number of furan rings is 1. The van der Waals surface area contributed by atoms with E-state index in [2.05, 4.69) is 5.43 Å². The van der Waals surface area contributed by atoms with Gasteiger partial charge in [-0.1, -0.05) is 23.7 Å². The van der Waals surface area contributed by atoms with Crippen molar-refractivity contribution in [2.45, 2.75) is 6.92 Å². The van der Waals surface area contributed by atoms with E-state index in [1.54, 1.807) is 36.4 Å². The number of halogens is 1. The zero-order valence-electron chi connectivity index (χ0n) is 15.7. The van der Waals surface area contributed by atoms with Crippen LogP contribution in [0.4, 0.5) is 5.69 Å². The number of nitrogens with one attached hydrogen (secondary N) is 1. The quantitative estimate of drug-likeness (QED) is 0.487. The molecule has 0 unspecified atom stereocenters. The van der Waals surface area contributed by atoms with Gasteiger partial charge in [0.2, 0.25) is 0 Å². The number of hydrogen-bond acceptors (Lipinski definition) is 4. The summed E-state index contributed by atoms with van der Waals surface area (Å²) < 4.78 is 5.70. The molecule has 2 amide bonds. The maximum Gasteiger partial charge on any atom is 0.337 e. The lowest BCUT2D eigenvalue weighted by Crippen LogP contribution is -2.35. The first-order valence-corrected chi connectivity index (χ1v) is 9.28. The zero-order valence-corrected chi connectivity index (χ0v) is 16.4. The van der Waals surface area contributed by atoms with E-state index in [1.165, 1.54) is 23.2 Å². The summed E-state index contributed by atoms with van der Waals surface area (Å²) in [5.41, 5.74) is 4.43. The number of benzene rings is 2. The molecule has 1 aliphatic rings. The lowest BCUT2D eigenvalue weighted by Gasteiger charge is -2.14. The van der Waals surface area contributed by atoms with E-state index < -0.39 is 17.8 Å². The number of hydrogen-bond donors (Lipinski definition) is 2. The second-order valence-corrected chi connectivity index (χ2v) is 7.09. The van der Waals surface area contributed by atoms with Crippen LogP contribution >= 0.6 is 11.6 Å². The van der Waals surface area contributed by atoms with Crippen molar-refractivity contribution < 1.29 is 23.9 Å². The molecule has 7 nitrogen and oxygen atoms in total. The molecular weight excluding hydrogens is 408 g/mol. The van der Waals surface area contributed by atoms with E-state index in [4.69, 9.17) is 16.0 Å². The van der Waals surface area contributed by atoms with Gasteiger partial charge in [0.25, 0.3) is 11.8 Å². The fraction of sp³-hybridized carbons (Fsp3) is 0.0455. The van der Waals surface area contributed by atoms with E-state index in [1.807, 2.05) is 13.0 Å². The normalized spacial score (nSPS) is 15.0. The topological polar surface area (TPSA) is 99.8 Å². The molecule has 1 aromatic heterocycles. The SMILES string of the molecule is Cc1cccc(N2NC(=O)C(=Cc3ccc(-c4ccc(Cl)c(C(=O)O)c4)o3)C2=O)c1. The average Bonchev–Trinajstić information content (AvgIpc) is 3.28. The Morgan fingerprint density at radius 2 is 1.93 bits per heavy atom. The molecule has 1 aliphatic heterocycles. The van der Waals surface area contributed by atoms with Crippen LogP contribution in [0.5, 0.6) is 0 Å². The van der Waals surface area contributed by atoms with E-state index in [0.29, 0.717) is 17.0 Å². The number of amides is 2. The van der Waals surface area contributed by atoms with Crippen molar-refractivity contribution in [1.82, 2.24) is 5.43 Å². The Bertz CT molecular complexity index is 1230. The van der Waals surface area contributed by atoms with Crippen molar-refractivity contribution >= 4 is 41.1 Å². The van der Waals surface area contributed by atoms with Crippen molar-refractivity contribution in [1.29, 1.82) is 0 Å². The Labute approximate surface area is 176 Å². The Balaban J connectivity index is 1.63. The van der Waals surface area contributed by atoms with Crippen molar-refractivity contribution in [2.75, 3.05) is 5.01 Å². The second-order valence-electron chi connectivity index (χ2n) is 6.68. The molecule has 0 aliphatic carbocycles. The standard InChI is InChI=1S/C22H15ClN2O5/c1-12-3-2-4-14(9-12)25-21(27)17(20(26)24-25)11-15-6-8-19(30-15)13-5-7-18(23)16(10-13)22(28)29/h2-11H,1H3,(H,24,26)(H,28,29). The molecule has 150 valence electrons. The Morgan fingerprint density at radius 1 is 1.13 bits per heavy atom. The Morgan fingerprint density at radius 3 is 2.67 bits per heavy atom. The smallest absolute Gasteiger partial charge is 0.337 e. The number of nitrogens with zero attached hydrogens (tertiary/aromatic N) is 1. The number of aryl methyl sites for hydroxylation is 1. The summed E-state index contributed by atoms with van der Waals surface area (Å²) in [4.78, 5) is 36.3. The van der Waals surface area contributed by atoms with Crippen LogP contribution in [0.25, 0.3) is 17.4 Å². The number of carbonyl (C=O) groups excluding carboxylic acids is 2. The van der Waals surface area contributed by atoms with Crippen LogP contribution in [0.15, 0.2) is 64.6 Å². The third-order valence-electron chi connectivity index (χ3n) is 4.55. The van der Waals surface area contributed by atoms with Gasteiger partial charge in [-0.15, -0.1) is 0 Å². The van der Waals surface area contributed by atoms with Crippen molar-refractivity contribution in [3.8, 4) is 11.3 Å². The van der Waals surface area contributed by atoms with Gasteiger partial charge in [0.15, 0.2) is 0 Å². The van der Waals surface area contributed by atoms with Gasteiger partial charge in [-0.2, -0.15) is 0 Å². The summed E-state index contributed by atoms with van der Waals surface area (Å²) in [6, 6.07) is 14.9. The number of aromatic carboxylic acids is 1. The number of anilines is 1. The van der Waals surface area contributed by atoms with Crippen molar-refractivity contribution in [2.24, 2.45) is 0 Å². The van der Waals surface area contributed by atoms with Gasteiger partial charge >= 0.3 is 5.97 Å². The summed E-state index contributed by atoms with van der Waals surface area (Å²) >= 11 is 5.90. The first kappa shape index (κ1) is 19.5. The van der Waals surface area contributed by atoms with Gasteiger partial charge in [-0.25, -0.2) is 9.80 Å². The van der Waals surface area contributed by atoms with E-state index in [9.17, 15) is 19.5 Å². The maximum absolute atomic E-state index is 12.7. The molecule has 2 N–H and O–H groups in total. The van der Waals surface area contributed by atoms with Gasteiger partial charge in [-0.3, -0.25) is 15.0 Å². The average molecular weight is 423 g/mol. The predicted octanol–water partition coefficient (Wildman–Crippen LogP) is 4.07. The minimum absolute atomic E-state index is 0.0513. The van der Waals surface area contributed by atoms with E-state index in [0.717, 1.165) is 5.56 Å². The second kappa shape index (κ2) is 7.53. The van der Waals surface area contributed by atoms with Crippen LogP contribution in [0, 0.1) is 6.92 Å². The number of carboxylic acid groups (broad SMARTS) is 1. The lowest BCUT2D eigenvalue weighted by molar-refractivity contribution is -0.117. The first-order chi connectivity index (χ1) is 14.3. The highest BCUT2D eigenvalue weighted by molar-refractivity contribution is 6.33. The molecule has 0 bridgehead atoms. The van der Waals surface area contributed by atoms with Gasteiger partial charge < -0.3 is 9.52 Å². The molecular formula is C22H15ClN2O5. The summed E-state index contributed by atoms with van der Waals surface area (Å²) in [5, 5.41) is 10.5. The van der Waals surface area contributed by atoms with Gasteiger partial charge in [0.05, 0.1) is 16.3 Å². The number of carbonyl (C=O) groups is 3. The minimum Gasteiger partial charge on any atom is -0.478 e. The van der Waals surface area contributed by atoms with E-state index >= 15 is 0 Å². The van der Waals surface area contributed by atoms with Crippen LogP contribution in [0.1, 0.15) is 21.7 Å². The molecule has 0 atom stereocenters. The molecule has 3 aromatic rings. The molecule has 8 heteroatoms. The fourth-order valence-electron chi connectivity index (χ4n) is 3.08. The van der Waals surface area contributed by atoms with Crippen LogP contribution < -0.4 is 10.4 Å². The van der Waals surface area contributed by atoms with Crippen molar-refractivity contribution in [3.63, 3.8) is 0 Å². The molecule has 2 aromatic carbocycles. The highest BCUT2D eigenvalue weighted by Crippen LogP contribution is 2.28. The first-order valence-electron chi connectivity index (χ1n) is 8.90. The molecule has 1 saturated heterocycles. The molecule has 0 saturated carbocycles. The van der Waals surface area contributed by atoms with Crippen LogP contribution in [-0.2, 0) is 9.59 Å². The van der Waals surface area contributed by atoms with Gasteiger partial charge in [0, 0.05) is 5.56 Å². The summed E-state index contributed by atoms with van der Waals surface area (Å²) in [6.07, 6.45) is 1.35. The van der Waals surface area contributed by atoms with Gasteiger partial charge in [0.1, 0.15) is 17.1 Å². The van der Waals surface area contributed by atoms with Crippen LogP contribution in [0.3, 0.4) is 0 Å². The highest BCUT2D eigenvalue weighted by Gasteiger charge is 2.34. The summed E-state index contributed by atoms with van der Waals surface area (Å²) in [5.74, 6) is -1.54. The molecule has 30 heavy (non-hydrogen) atoms. The summed E-state index contributed by atoms with van der Waals surface area (Å²) in [6.45, 7) is 1.89. The van der Waals surface area contributed by atoms with Gasteiger partial charge in [-0.05, 0) is 61.0 Å². The summed E-state index contributed by atoms with van der Waals surface area (Å²) in [7, 11) is 0. The predicted molar refractivity (Wildman–Crippen MR) is 111 cm³/mol. The fourth-order valence-corrected chi connectivity index (χ4v) is 3.27. The van der Waals surface area contributed by atoms with Crippen molar-refractivity contribution in [3.05, 3.63) is 82.1 Å². The van der Waals surface area contributed by atoms with Crippen LogP contribution in [0.2, 0.25) is 5.02 Å². The monoisotopic (exact) mass is 422 g/mol. The lowest BCUT2D eigenvalue weighted by atomic mass is 10.1. The third-order valence-corrected chi connectivity index (χ3v) is 4.88. The molecule has 0 radical (unpaired) electrons. The number of carboxylic acids is 1. The number of hydrazine groups is 1. The van der Waals surface area contributed by atoms with Crippen LogP contribution in [-0.4, -0.2) is 22.9 Å². The Hall–Kier alpha value is -3.84. The third kappa shape index (κ3) is 3.58. The molecule has 0 spiro atoms. The molecule has 2 heterocycles. The minimum atomic E-state index is -1.15. The zero-order chi connectivity index (χ0) is 21.4. The highest BCUT2D eigenvalue weighted by atomic mass is 35.5. The van der Waals surface area contributed by atoms with E-state index in [-0.39, 0.29) is 21.9 Å². The maximum atomic E-state index is 12.7. The largest absolute Gasteiger partial charge is 0.478 e.